The van der Waals surface area contributed by atoms with E-state index in [9.17, 15) is 4.79 Å². The number of hydrogen-bond acceptors (Lipinski definition) is 2. The van der Waals surface area contributed by atoms with Crippen molar-refractivity contribution in [2.75, 3.05) is 10.6 Å². The van der Waals surface area contributed by atoms with Gasteiger partial charge in [0.1, 0.15) is 0 Å². The Morgan fingerprint density at radius 3 is 2.35 bits per heavy atom. The molecule has 1 heterocycles. The van der Waals surface area contributed by atoms with Crippen LogP contribution in [-0.4, -0.2) is 11.4 Å². The van der Waals surface area contributed by atoms with Gasteiger partial charge in [-0.05, 0) is 31.4 Å². The van der Waals surface area contributed by atoms with E-state index in [1.807, 2.05) is 0 Å². The van der Waals surface area contributed by atoms with Crippen LogP contribution in [0.25, 0.3) is 0 Å². The number of halogens is 2. The second-order valence-electron chi connectivity index (χ2n) is 4.80. The molecule has 3 nitrogen and oxygen atoms in total. The van der Waals surface area contributed by atoms with E-state index in [-0.39, 0.29) is 11.4 Å². The molecule has 1 aliphatic heterocycles. The van der Waals surface area contributed by atoms with Gasteiger partial charge in [0.25, 0.3) is 0 Å². The first-order valence-electron chi connectivity index (χ1n) is 5.65. The smallest absolute Gasteiger partial charge is 0.226 e. The quantitative estimate of drug-likeness (QED) is 0.755. The van der Waals surface area contributed by atoms with Gasteiger partial charge in [0.05, 0.1) is 21.4 Å². The summed E-state index contributed by atoms with van der Waals surface area (Å²) < 4.78 is 0. The fourth-order valence-corrected chi connectivity index (χ4v) is 2.82. The second-order valence-corrected chi connectivity index (χ2v) is 5.61. The Balaban J connectivity index is 2.05. The lowest BCUT2D eigenvalue weighted by atomic mass is 9.74. The third kappa shape index (κ3) is 1.87. The van der Waals surface area contributed by atoms with Gasteiger partial charge in [-0.2, -0.15) is 0 Å². The molecule has 1 amide bonds. The van der Waals surface area contributed by atoms with Crippen molar-refractivity contribution in [1.29, 1.82) is 0 Å². The molecule has 1 saturated carbocycles. The SMILES string of the molecule is O=C1CC2(CCC2)Nc2cc(Cl)c(Cl)cc2N1. The molecule has 1 spiro atoms. The van der Waals surface area contributed by atoms with E-state index in [1.54, 1.807) is 12.1 Å². The first kappa shape index (κ1) is 11.2. The lowest BCUT2D eigenvalue weighted by Gasteiger charge is -2.41. The lowest BCUT2D eigenvalue weighted by molar-refractivity contribution is -0.117. The fraction of sp³-hybridized carbons (Fsp3) is 0.417. The Morgan fingerprint density at radius 2 is 1.76 bits per heavy atom. The van der Waals surface area contributed by atoms with E-state index in [0.717, 1.165) is 24.9 Å². The standard InChI is InChI=1S/C12H12Cl2N2O/c13-7-4-9-10(5-8(7)14)16-12(2-1-3-12)6-11(17)15-9/h4-5,16H,1-3,6H2,(H,15,17). The Kier molecular flexibility index (Phi) is 2.49. The number of fused-ring (bicyclic) bond motifs is 1. The maximum Gasteiger partial charge on any atom is 0.226 e. The van der Waals surface area contributed by atoms with Gasteiger partial charge in [0.15, 0.2) is 0 Å². The molecule has 2 aliphatic rings. The van der Waals surface area contributed by atoms with E-state index in [1.165, 1.54) is 0 Å². The first-order valence-corrected chi connectivity index (χ1v) is 6.41. The molecule has 1 aliphatic carbocycles. The summed E-state index contributed by atoms with van der Waals surface area (Å²) in [4.78, 5) is 11.8. The highest BCUT2D eigenvalue weighted by Gasteiger charge is 2.41. The maximum absolute atomic E-state index is 11.8. The van der Waals surface area contributed by atoms with Crippen LogP contribution >= 0.6 is 23.2 Å². The van der Waals surface area contributed by atoms with Crippen molar-refractivity contribution < 1.29 is 4.79 Å². The fourth-order valence-electron chi connectivity index (χ4n) is 2.49. The van der Waals surface area contributed by atoms with E-state index < -0.39 is 0 Å². The van der Waals surface area contributed by atoms with Gasteiger partial charge < -0.3 is 10.6 Å². The number of benzene rings is 1. The summed E-state index contributed by atoms with van der Waals surface area (Å²) in [6, 6.07) is 3.48. The van der Waals surface area contributed by atoms with Crippen molar-refractivity contribution in [2.24, 2.45) is 0 Å². The number of nitrogens with one attached hydrogen (secondary N) is 2. The molecule has 17 heavy (non-hydrogen) atoms. The van der Waals surface area contributed by atoms with E-state index in [0.29, 0.717) is 22.2 Å². The minimum Gasteiger partial charge on any atom is -0.377 e. The van der Waals surface area contributed by atoms with Crippen LogP contribution in [0.1, 0.15) is 25.7 Å². The van der Waals surface area contributed by atoms with Gasteiger partial charge >= 0.3 is 0 Å². The number of rotatable bonds is 0. The highest BCUT2D eigenvalue weighted by atomic mass is 35.5. The normalized spacial score (nSPS) is 20.9. The molecule has 3 rings (SSSR count). The summed E-state index contributed by atoms with van der Waals surface area (Å²) >= 11 is 12.0. The predicted molar refractivity (Wildman–Crippen MR) is 69.9 cm³/mol. The maximum atomic E-state index is 11.8. The number of carbonyl (C=O) groups excluding carboxylic acids is 1. The number of anilines is 2. The van der Waals surface area contributed by atoms with Crippen LogP contribution in [0.3, 0.4) is 0 Å². The molecule has 0 unspecified atom stereocenters. The van der Waals surface area contributed by atoms with Gasteiger partial charge in [-0.3, -0.25) is 4.79 Å². The summed E-state index contributed by atoms with van der Waals surface area (Å²) in [5.74, 6) is 0.0364. The highest BCUT2D eigenvalue weighted by molar-refractivity contribution is 6.42. The Labute approximate surface area is 109 Å². The van der Waals surface area contributed by atoms with Crippen molar-refractivity contribution in [1.82, 2.24) is 0 Å². The number of carbonyl (C=O) groups is 1. The zero-order valence-corrected chi connectivity index (χ0v) is 10.7. The van der Waals surface area contributed by atoms with Crippen molar-refractivity contribution in [2.45, 2.75) is 31.2 Å². The molecule has 0 saturated heterocycles. The molecule has 1 aromatic carbocycles. The molecule has 90 valence electrons. The van der Waals surface area contributed by atoms with Gasteiger partial charge in [-0.15, -0.1) is 0 Å². The molecule has 5 heteroatoms. The predicted octanol–water partition coefficient (Wildman–Crippen LogP) is 3.67. The second kappa shape index (κ2) is 3.79. The van der Waals surface area contributed by atoms with Gasteiger partial charge in [-0.1, -0.05) is 23.2 Å². The summed E-state index contributed by atoms with van der Waals surface area (Å²) in [5, 5.41) is 7.27. The zero-order chi connectivity index (χ0) is 12.0. The summed E-state index contributed by atoms with van der Waals surface area (Å²) in [6.45, 7) is 0. The number of amides is 1. The minimum absolute atomic E-state index is 0.0364. The van der Waals surface area contributed by atoms with Crippen LogP contribution in [0.15, 0.2) is 12.1 Å². The van der Waals surface area contributed by atoms with Crippen molar-refractivity contribution in [3.05, 3.63) is 22.2 Å². The molecule has 0 bridgehead atoms. The first-order chi connectivity index (χ1) is 8.08. The molecule has 1 fully saturated rings. The number of hydrogen-bond donors (Lipinski definition) is 2. The molecular formula is C12H12Cl2N2O. The lowest BCUT2D eigenvalue weighted by Crippen LogP contribution is -2.46. The van der Waals surface area contributed by atoms with Crippen LogP contribution in [0, 0.1) is 0 Å². The van der Waals surface area contributed by atoms with Crippen LogP contribution in [0.5, 0.6) is 0 Å². The van der Waals surface area contributed by atoms with Crippen LogP contribution in [0.4, 0.5) is 11.4 Å². The van der Waals surface area contributed by atoms with Gasteiger partial charge in [-0.25, -0.2) is 0 Å². The molecule has 0 radical (unpaired) electrons. The van der Waals surface area contributed by atoms with E-state index in [4.69, 9.17) is 23.2 Å². The largest absolute Gasteiger partial charge is 0.377 e. The summed E-state index contributed by atoms with van der Waals surface area (Å²) in [5.41, 5.74) is 1.50. The van der Waals surface area contributed by atoms with Crippen LogP contribution < -0.4 is 10.6 Å². The average molecular weight is 271 g/mol. The molecule has 0 aromatic heterocycles. The average Bonchev–Trinajstić information content (AvgIpc) is 2.35. The van der Waals surface area contributed by atoms with E-state index in [2.05, 4.69) is 10.6 Å². The third-order valence-electron chi connectivity index (χ3n) is 3.54. The van der Waals surface area contributed by atoms with Crippen molar-refractivity contribution in [3.8, 4) is 0 Å². The molecular weight excluding hydrogens is 259 g/mol. The minimum atomic E-state index is -0.0769. The Hall–Kier alpha value is -0.930. The zero-order valence-electron chi connectivity index (χ0n) is 9.15. The highest BCUT2D eigenvalue weighted by Crippen LogP contribution is 2.43. The van der Waals surface area contributed by atoms with Crippen LogP contribution in [-0.2, 0) is 4.79 Å². The topological polar surface area (TPSA) is 41.1 Å². The Bertz CT molecular complexity index is 498. The van der Waals surface area contributed by atoms with Gasteiger partial charge in [0, 0.05) is 12.0 Å². The van der Waals surface area contributed by atoms with Crippen molar-refractivity contribution in [3.63, 3.8) is 0 Å². The van der Waals surface area contributed by atoms with Gasteiger partial charge in [0.2, 0.25) is 5.91 Å². The monoisotopic (exact) mass is 270 g/mol. The summed E-state index contributed by atoms with van der Waals surface area (Å²) in [6.07, 6.45) is 3.73. The summed E-state index contributed by atoms with van der Waals surface area (Å²) in [7, 11) is 0. The molecule has 1 aromatic rings. The Morgan fingerprint density at radius 1 is 1.12 bits per heavy atom. The molecule has 2 N–H and O–H groups in total. The third-order valence-corrected chi connectivity index (χ3v) is 4.27. The van der Waals surface area contributed by atoms with Crippen molar-refractivity contribution >= 4 is 40.5 Å². The van der Waals surface area contributed by atoms with E-state index >= 15 is 0 Å². The molecule has 0 atom stereocenters. The van der Waals surface area contributed by atoms with Crippen LogP contribution in [0.2, 0.25) is 10.0 Å².